The van der Waals surface area contributed by atoms with Crippen LogP contribution in [0.15, 0.2) is 40.1 Å². The Labute approximate surface area is 156 Å². The van der Waals surface area contributed by atoms with Crippen LogP contribution in [0.5, 0.6) is 5.75 Å². The van der Waals surface area contributed by atoms with Crippen LogP contribution in [-0.4, -0.2) is 53.3 Å². The van der Waals surface area contributed by atoms with E-state index in [1.54, 1.807) is 12.0 Å². The summed E-state index contributed by atoms with van der Waals surface area (Å²) in [6.45, 7) is 1.39. The Morgan fingerprint density at radius 2 is 2.19 bits per heavy atom. The molecule has 1 N–H and O–H groups in total. The molecule has 8 nitrogen and oxygen atoms in total. The predicted molar refractivity (Wildman–Crippen MR) is 99.0 cm³/mol. The van der Waals surface area contributed by atoms with E-state index in [2.05, 4.69) is 4.98 Å². The Bertz CT molecular complexity index is 933. The Hall–Kier alpha value is -2.87. The molecule has 0 radical (unpaired) electrons. The number of nitrogens with zero attached hydrogens (tertiary/aromatic N) is 2. The minimum Gasteiger partial charge on any atom is -0.497 e. The van der Waals surface area contributed by atoms with Crippen LogP contribution in [0.2, 0.25) is 0 Å². The summed E-state index contributed by atoms with van der Waals surface area (Å²) in [5, 5.41) is 0. The molecule has 1 unspecified atom stereocenters. The van der Waals surface area contributed by atoms with Crippen molar-refractivity contribution in [3.8, 4) is 5.75 Å². The quantitative estimate of drug-likeness (QED) is 0.802. The number of amides is 1. The highest BCUT2D eigenvalue weighted by Crippen LogP contribution is 2.17. The number of rotatable bonds is 5. The van der Waals surface area contributed by atoms with E-state index in [1.165, 1.54) is 13.2 Å². The molecule has 0 aliphatic carbocycles. The molecule has 1 fully saturated rings. The average Bonchev–Trinajstić information content (AvgIpc) is 2.68. The summed E-state index contributed by atoms with van der Waals surface area (Å²) in [5.74, 6) is 0.628. The molecule has 144 valence electrons. The van der Waals surface area contributed by atoms with Gasteiger partial charge in [0, 0.05) is 38.3 Å². The Balaban J connectivity index is 1.65. The molecule has 1 aliphatic heterocycles. The summed E-state index contributed by atoms with van der Waals surface area (Å²) in [7, 11) is 3.01. The van der Waals surface area contributed by atoms with Gasteiger partial charge in [0.15, 0.2) is 0 Å². The van der Waals surface area contributed by atoms with Crippen molar-refractivity contribution < 1.29 is 14.3 Å². The van der Waals surface area contributed by atoms with E-state index < -0.39 is 11.2 Å². The van der Waals surface area contributed by atoms with Crippen molar-refractivity contribution >= 4 is 5.91 Å². The second-order valence-corrected chi connectivity index (χ2v) is 6.55. The van der Waals surface area contributed by atoms with Crippen LogP contribution in [0.4, 0.5) is 0 Å². The fourth-order valence-corrected chi connectivity index (χ4v) is 3.15. The molecule has 2 aromatic rings. The second kappa shape index (κ2) is 8.22. The van der Waals surface area contributed by atoms with E-state index in [0.717, 1.165) is 15.9 Å². The molecule has 1 aliphatic rings. The minimum atomic E-state index is -0.499. The smallest absolute Gasteiger partial charge is 0.328 e. The van der Waals surface area contributed by atoms with Crippen LogP contribution in [0, 0.1) is 0 Å². The highest BCUT2D eigenvalue weighted by molar-refractivity contribution is 5.78. The normalized spacial score (nSPS) is 17.0. The van der Waals surface area contributed by atoms with Gasteiger partial charge in [0.2, 0.25) is 5.91 Å². The molecule has 1 aromatic heterocycles. The maximum Gasteiger partial charge on any atom is 0.328 e. The maximum absolute atomic E-state index is 12.6. The first-order valence-corrected chi connectivity index (χ1v) is 8.78. The number of H-pyrrole nitrogens is 1. The molecule has 27 heavy (non-hydrogen) atoms. The number of aromatic amines is 1. The number of morpholine rings is 1. The van der Waals surface area contributed by atoms with E-state index >= 15 is 0 Å². The predicted octanol–water partition coefficient (Wildman–Crippen LogP) is 0.0948. The standard InChI is InChI=1S/C19H23N3O5/c1-21-18(24)14(11-20-19(21)25)10-17(23)22-6-7-27-16(12-22)9-13-4-3-5-15(8-13)26-2/h3-5,8,11,16H,6-7,9-10,12H2,1-2H3,(H,20,25). The molecule has 0 spiro atoms. The van der Waals surface area contributed by atoms with Gasteiger partial charge in [-0.05, 0) is 17.7 Å². The number of carbonyl (C=O) groups is 1. The fraction of sp³-hybridized carbons (Fsp3) is 0.421. The summed E-state index contributed by atoms with van der Waals surface area (Å²) in [6, 6.07) is 7.75. The van der Waals surface area contributed by atoms with Crippen molar-refractivity contribution in [3.63, 3.8) is 0 Å². The lowest BCUT2D eigenvalue weighted by Crippen LogP contribution is -2.47. The average molecular weight is 373 g/mol. The Morgan fingerprint density at radius 1 is 1.37 bits per heavy atom. The van der Waals surface area contributed by atoms with Gasteiger partial charge in [0.25, 0.3) is 5.56 Å². The number of methoxy groups -OCH3 is 1. The number of hydrogen-bond donors (Lipinski definition) is 1. The van der Waals surface area contributed by atoms with Gasteiger partial charge < -0.3 is 19.4 Å². The van der Waals surface area contributed by atoms with Crippen molar-refractivity contribution in [2.45, 2.75) is 18.9 Å². The zero-order valence-electron chi connectivity index (χ0n) is 15.4. The number of ether oxygens (including phenoxy) is 2. The van der Waals surface area contributed by atoms with Gasteiger partial charge in [-0.3, -0.25) is 14.2 Å². The van der Waals surface area contributed by atoms with E-state index in [0.29, 0.717) is 26.1 Å². The molecular formula is C19H23N3O5. The van der Waals surface area contributed by atoms with Crippen LogP contribution >= 0.6 is 0 Å². The molecule has 3 rings (SSSR count). The number of benzene rings is 1. The third kappa shape index (κ3) is 4.46. The zero-order valence-corrected chi connectivity index (χ0v) is 15.4. The minimum absolute atomic E-state index is 0.0463. The third-order valence-electron chi connectivity index (χ3n) is 4.68. The summed E-state index contributed by atoms with van der Waals surface area (Å²) >= 11 is 0. The van der Waals surface area contributed by atoms with Crippen molar-refractivity contribution in [1.82, 2.24) is 14.5 Å². The molecule has 2 heterocycles. The molecule has 1 amide bonds. The molecule has 1 saturated heterocycles. The molecule has 8 heteroatoms. The maximum atomic E-state index is 12.6. The van der Waals surface area contributed by atoms with Crippen molar-refractivity contribution in [2.75, 3.05) is 26.8 Å². The lowest BCUT2D eigenvalue weighted by Gasteiger charge is -2.33. The van der Waals surface area contributed by atoms with Crippen molar-refractivity contribution in [1.29, 1.82) is 0 Å². The fourth-order valence-electron chi connectivity index (χ4n) is 3.15. The monoisotopic (exact) mass is 373 g/mol. The van der Waals surface area contributed by atoms with Crippen LogP contribution < -0.4 is 16.0 Å². The molecule has 0 saturated carbocycles. The largest absolute Gasteiger partial charge is 0.497 e. The van der Waals surface area contributed by atoms with Crippen molar-refractivity contribution in [3.05, 3.63) is 62.4 Å². The topological polar surface area (TPSA) is 93.6 Å². The highest BCUT2D eigenvalue weighted by Gasteiger charge is 2.25. The lowest BCUT2D eigenvalue weighted by molar-refractivity contribution is -0.138. The van der Waals surface area contributed by atoms with E-state index in [9.17, 15) is 14.4 Å². The molecule has 1 aromatic carbocycles. The first-order chi connectivity index (χ1) is 13.0. The van der Waals surface area contributed by atoms with Gasteiger partial charge >= 0.3 is 5.69 Å². The molecule has 1 atom stereocenters. The van der Waals surface area contributed by atoms with Gasteiger partial charge in [-0.25, -0.2) is 4.79 Å². The number of hydrogen-bond acceptors (Lipinski definition) is 5. The van der Waals surface area contributed by atoms with Gasteiger partial charge in [0.1, 0.15) is 5.75 Å². The van der Waals surface area contributed by atoms with Gasteiger partial charge in [-0.1, -0.05) is 12.1 Å². The number of aromatic nitrogens is 2. The highest BCUT2D eigenvalue weighted by atomic mass is 16.5. The summed E-state index contributed by atoms with van der Waals surface area (Å²) < 4.78 is 12.0. The van der Waals surface area contributed by atoms with Crippen LogP contribution in [0.1, 0.15) is 11.1 Å². The Morgan fingerprint density at radius 3 is 2.96 bits per heavy atom. The summed E-state index contributed by atoms with van der Waals surface area (Å²) in [6.07, 6.45) is 1.82. The molecular weight excluding hydrogens is 350 g/mol. The Kier molecular flexibility index (Phi) is 5.75. The van der Waals surface area contributed by atoms with Crippen LogP contribution in [0.3, 0.4) is 0 Å². The third-order valence-corrected chi connectivity index (χ3v) is 4.68. The first-order valence-electron chi connectivity index (χ1n) is 8.78. The summed E-state index contributed by atoms with van der Waals surface area (Å²) in [4.78, 5) is 40.3. The first kappa shape index (κ1) is 18.9. The molecule has 0 bridgehead atoms. The second-order valence-electron chi connectivity index (χ2n) is 6.55. The van der Waals surface area contributed by atoms with E-state index in [1.807, 2.05) is 24.3 Å². The number of nitrogens with one attached hydrogen (secondary N) is 1. The van der Waals surface area contributed by atoms with Crippen LogP contribution in [0.25, 0.3) is 0 Å². The van der Waals surface area contributed by atoms with Gasteiger partial charge in [-0.15, -0.1) is 0 Å². The van der Waals surface area contributed by atoms with Crippen LogP contribution in [-0.2, 0) is 29.4 Å². The zero-order chi connectivity index (χ0) is 19.4. The van der Waals surface area contributed by atoms with E-state index in [4.69, 9.17) is 9.47 Å². The van der Waals surface area contributed by atoms with Crippen molar-refractivity contribution in [2.24, 2.45) is 7.05 Å². The SMILES string of the molecule is COc1cccc(CC2CN(C(=O)Cc3c[nH]c(=O)n(C)c3=O)CCO2)c1. The van der Waals surface area contributed by atoms with Gasteiger partial charge in [-0.2, -0.15) is 0 Å². The lowest BCUT2D eigenvalue weighted by atomic mass is 10.1. The van der Waals surface area contributed by atoms with Gasteiger partial charge in [0.05, 0.1) is 26.2 Å². The summed E-state index contributed by atoms with van der Waals surface area (Å²) in [5.41, 5.74) is 0.398. The van der Waals surface area contributed by atoms with E-state index in [-0.39, 0.29) is 24.0 Å². The number of carbonyl (C=O) groups excluding carboxylic acids is 1.